The normalized spacial score (nSPS) is 11.9. The molecule has 0 fully saturated rings. The van der Waals surface area contributed by atoms with Crippen LogP contribution < -0.4 is 10.5 Å². The van der Waals surface area contributed by atoms with Gasteiger partial charge in [0.1, 0.15) is 28.7 Å². The van der Waals surface area contributed by atoms with E-state index in [0.29, 0.717) is 11.0 Å². The van der Waals surface area contributed by atoms with Gasteiger partial charge in [-0.15, -0.1) is 0 Å². The molecule has 2 N–H and O–H groups in total. The number of methoxy groups -OCH3 is 1. The van der Waals surface area contributed by atoms with Gasteiger partial charge in [-0.2, -0.15) is 0 Å². The minimum Gasteiger partial charge on any atom is -0.497 e. The van der Waals surface area contributed by atoms with Crippen LogP contribution in [0.15, 0.2) is 24.5 Å². The Kier molecular flexibility index (Phi) is 3.92. The van der Waals surface area contributed by atoms with Crippen LogP contribution in [0.5, 0.6) is 5.75 Å². The molecule has 126 valence electrons. The first kappa shape index (κ1) is 16.6. The Labute approximate surface area is 146 Å². The summed E-state index contributed by atoms with van der Waals surface area (Å²) in [6.45, 7) is 8.28. The molecule has 0 radical (unpaired) electrons. The number of aromatic nitrogens is 3. The maximum atomic E-state index is 6.81. The fraction of sp³-hybridized carbons (Fsp3) is 0.333. The summed E-state index contributed by atoms with van der Waals surface area (Å²) >= 11 is 6.81. The topological polar surface area (TPSA) is 66.0 Å². The Balaban J connectivity index is 2.48. The van der Waals surface area contributed by atoms with Crippen LogP contribution in [0.25, 0.3) is 22.2 Å². The van der Waals surface area contributed by atoms with Crippen LogP contribution in [0.3, 0.4) is 0 Å². The van der Waals surface area contributed by atoms with Gasteiger partial charge in [-0.3, -0.25) is 0 Å². The number of hydrogen-bond donors (Lipinski definition) is 1. The van der Waals surface area contributed by atoms with Crippen molar-refractivity contribution in [3.63, 3.8) is 0 Å². The van der Waals surface area contributed by atoms with Crippen molar-refractivity contribution in [2.45, 2.75) is 33.2 Å². The second-order valence-corrected chi connectivity index (χ2v) is 7.17. The summed E-state index contributed by atoms with van der Waals surface area (Å²) in [6.07, 6.45) is 1.47. The molecule has 0 aliphatic carbocycles. The van der Waals surface area contributed by atoms with E-state index in [1.807, 2.05) is 29.7 Å². The van der Waals surface area contributed by atoms with E-state index in [1.54, 1.807) is 7.11 Å². The largest absolute Gasteiger partial charge is 0.497 e. The van der Waals surface area contributed by atoms with Crippen molar-refractivity contribution in [2.75, 3.05) is 12.8 Å². The fourth-order valence-corrected chi connectivity index (χ4v) is 3.49. The summed E-state index contributed by atoms with van der Waals surface area (Å²) in [5.41, 5.74) is 9.56. The van der Waals surface area contributed by atoms with Crippen LogP contribution >= 0.6 is 11.6 Å². The SMILES string of the molecule is COc1ccc(C)c(-c2c(Cl)n(C(C)(C)C)c3ncnc(N)c23)c1. The lowest BCUT2D eigenvalue weighted by Crippen LogP contribution is -2.22. The number of hydrogen-bond acceptors (Lipinski definition) is 4. The molecule has 0 atom stereocenters. The van der Waals surface area contributed by atoms with Crippen molar-refractivity contribution in [3.05, 3.63) is 35.2 Å². The molecule has 0 aliphatic rings. The van der Waals surface area contributed by atoms with Gasteiger partial charge in [0.05, 0.1) is 12.5 Å². The van der Waals surface area contributed by atoms with E-state index in [2.05, 4.69) is 30.7 Å². The zero-order chi connectivity index (χ0) is 17.6. The van der Waals surface area contributed by atoms with Crippen LogP contribution in [-0.4, -0.2) is 21.6 Å². The Hall–Kier alpha value is -2.27. The smallest absolute Gasteiger partial charge is 0.147 e. The monoisotopic (exact) mass is 344 g/mol. The van der Waals surface area contributed by atoms with Crippen molar-refractivity contribution in [1.29, 1.82) is 0 Å². The highest BCUT2D eigenvalue weighted by atomic mass is 35.5. The molecule has 0 saturated heterocycles. The number of aryl methyl sites for hydroxylation is 1. The molecule has 24 heavy (non-hydrogen) atoms. The molecule has 0 aliphatic heterocycles. The third-order valence-corrected chi connectivity index (χ3v) is 4.46. The Bertz CT molecular complexity index is 925. The van der Waals surface area contributed by atoms with E-state index in [4.69, 9.17) is 22.1 Å². The third-order valence-electron chi connectivity index (χ3n) is 4.11. The first-order valence-electron chi connectivity index (χ1n) is 7.71. The number of nitrogens with zero attached hydrogens (tertiary/aromatic N) is 3. The van der Waals surface area contributed by atoms with Gasteiger partial charge in [-0.05, 0) is 51.0 Å². The van der Waals surface area contributed by atoms with Crippen molar-refractivity contribution < 1.29 is 4.74 Å². The molecule has 3 rings (SSSR count). The van der Waals surface area contributed by atoms with Crippen LogP contribution in [0.1, 0.15) is 26.3 Å². The van der Waals surface area contributed by atoms with Gasteiger partial charge >= 0.3 is 0 Å². The molecule has 5 nitrogen and oxygen atoms in total. The highest BCUT2D eigenvalue weighted by molar-refractivity contribution is 6.35. The molecule has 0 unspecified atom stereocenters. The zero-order valence-corrected chi connectivity index (χ0v) is 15.3. The average Bonchev–Trinajstić information content (AvgIpc) is 2.81. The van der Waals surface area contributed by atoms with E-state index in [9.17, 15) is 0 Å². The Morgan fingerprint density at radius 2 is 1.92 bits per heavy atom. The summed E-state index contributed by atoms with van der Waals surface area (Å²) in [4.78, 5) is 8.61. The number of nitrogen functional groups attached to an aromatic ring is 1. The molecule has 3 aromatic rings. The average molecular weight is 345 g/mol. The maximum Gasteiger partial charge on any atom is 0.147 e. The molecule has 2 heterocycles. The summed E-state index contributed by atoms with van der Waals surface area (Å²) in [7, 11) is 1.64. The molecular weight excluding hydrogens is 324 g/mol. The lowest BCUT2D eigenvalue weighted by molar-refractivity contribution is 0.409. The van der Waals surface area contributed by atoms with E-state index >= 15 is 0 Å². The summed E-state index contributed by atoms with van der Waals surface area (Å²) in [6, 6.07) is 5.90. The first-order chi connectivity index (χ1) is 11.3. The number of benzene rings is 1. The quantitative estimate of drug-likeness (QED) is 0.748. The number of halogens is 1. The predicted octanol–water partition coefficient (Wildman–Crippen LogP) is 4.41. The molecule has 0 saturated carbocycles. The second-order valence-electron chi connectivity index (χ2n) is 6.81. The fourth-order valence-electron chi connectivity index (χ4n) is 2.96. The lowest BCUT2D eigenvalue weighted by Gasteiger charge is -2.23. The maximum absolute atomic E-state index is 6.81. The molecule has 2 aromatic heterocycles. The summed E-state index contributed by atoms with van der Waals surface area (Å²) in [5.74, 6) is 1.18. The highest BCUT2D eigenvalue weighted by Gasteiger charge is 2.27. The molecule has 0 bridgehead atoms. The molecular formula is C18H21ClN4O. The van der Waals surface area contributed by atoms with E-state index in [1.165, 1.54) is 6.33 Å². The minimum atomic E-state index is -0.249. The van der Waals surface area contributed by atoms with Crippen molar-refractivity contribution in [3.8, 4) is 16.9 Å². The van der Waals surface area contributed by atoms with E-state index in [-0.39, 0.29) is 5.54 Å². The Morgan fingerprint density at radius 3 is 2.54 bits per heavy atom. The number of rotatable bonds is 2. The Morgan fingerprint density at radius 1 is 1.21 bits per heavy atom. The number of nitrogens with two attached hydrogens (primary N) is 1. The molecule has 0 amide bonds. The molecule has 6 heteroatoms. The molecule has 0 spiro atoms. The van der Waals surface area contributed by atoms with Crippen LogP contribution in [0.4, 0.5) is 5.82 Å². The van der Waals surface area contributed by atoms with Crippen molar-refractivity contribution in [2.24, 2.45) is 0 Å². The predicted molar refractivity (Wildman–Crippen MR) is 98.7 cm³/mol. The number of fused-ring (bicyclic) bond motifs is 1. The molecule has 1 aromatic carbocycles. The van der Waals surface area contributed by atoms with Crippen molar-refractivity contribution >= 4 is 28.5 Å². The summed E-state index contributed by atoms with van der Waals surface area (Å²) in [5, 5.41) is 1.37. The van der Waals surface area contributed by atoms with Crippen LogP contribution in [-0.2, 0) is 5.54 Å². The van der Waals surface area contributed by atoms with Gasteiger partial charge in [0.15, 0.2) is 0 Å². The standard InChI is InChI=1S/C18H21ClN4O/c1-10-6-7-11(24-5)8-12(10)13-14-16(20)21-9-22-17(14)23(15(13)19)18(2,3)4/h6-9H,1-5H3,(H2,20,21,22). The van der Waals surface area contributed by atoms with Gasteiger partial charge in [-0.1, -0.05) is 17.7 Å². The first-order valence-corrected chi connectivity index (χ1v) is 8.09. The lowest BCUT2D eigenvalue weighted by atomic mass is 10.0. The third kappa shape index (κ3) is 2.49. The summed E-state index contributed by atoms with van der Waals surface area (Å²) < 4.78 is 7.37. The van der Waals surface area contributed by atoms with Crippen molar-refractivity contribution in [1.82, 2.24) is 14.5 Å². The van der Waals surface area contributed by atoms with Gasteiger partial charge in [0.2, 0.25) is 0 Å². The van der Waals surface area contributed by atoms with Crippen LogP contribution in [0, 0.1) is 6.92 Å². The van der Waals surface area contributed by atoms with E-state index < -0.39 is 0 Å². The highest BCUT2D eigenvalue weighted by Crippen LogP contribution is 2.44. The van der Waals surface area contributed by atoms with E-state index in [0.717, 1.165) is 33.5 Å². The van der Waals surface area contributed by atoms with Gasteiger partial charge in [0, 0.05) is 11.1 Å². The van der Waals surface area contributed by atoms with Gasteiger partial charge < -0.3 is 15.0 Å². The van der Waals surface area contributed by atoms with Crippen LogP contribution in [0.2, 0.25) is 5.15 Å². The second kappa shape index (κ2) is 5.67. The zero-order valence-electron chi connectivity index (χ0n) is 14.5. The van der Waals surface area contributed by atoms with Gasteiger partial charge in [-0.25, -0.2) is 9.97 Å². The minimum absolute atomic E-state index is 0.249. The number of anilines is 1. The number of ether oxygens (including phenoxy) is 1. The van der Waals surface area contributed by atoms with Gasteiger partial charge in [0.25, 0.3) is 0 Å².